The molecule has 0 aromatic rings. The summed E-state index contributed by atoms with van der Waals surface area (Å²) in [5, 5.41) is 9.37. The molecule has 2 aliphatic rings. The van der Waals surface area contributed by atoms with E-state index < -0.39 is 5.97 Å². The van der Waals surface area contributed by atoms with E-state index in [4.69, 9.17) is 0 Å². The first-order valence-electron chi connectivity index (χ1n) is 7.12. The van der Waals surface area contributed by atoms with Gasteiger partial charge in [-0.15, -0.1) is 0 Å². The van der Waals surface area contributed by atoms with Crippen LogP contribution in [0.4, 0.5) is 0 Å². The summed E-state index contributed by atoms with van der Waals surface area (Å²) < 4.78 is 0. The lowest BCUT2D eigenvalue weighted by atomic mass is 9.84. The van der Waals surface area contributed by atoms with E-state index in [1.807, 2.05) is 0 Å². The number of fused-ring (bicyclic) bond motifs is 1. The Kier molecular flexibility index (Phi) is 4.08. The van der Waals surface area contributed by atoms with Crippen LogP contribution in [0.3, 0.4) is 0 Å². The third kappa shape index (κ3) is 2.65. The van der Waals surface area contributed by atoms with Crippen molar-refractivity contribution in [3.8, 4) is 0 Å². The van der Waals surface area contributed by atoms with Crippen LogP contribution in [0, 0.1) is 11.8 Å². The lowest BCUT2D eigenvalue weighted by Gasteiger charge is -2.34. The van der Waals surface area contributed by atoms with E-state index in [1.54, 1.807) is 0 Å². The molecule has 0 amide bonds. The number of nitrogens with zero attached hydrogens (tertiary/aromatic N) is 1. The number of aliphatic carboxylic acids is 1. The number of hydrogen-bond acceptors (Lipinski definition) is 2. The molecule has 17 heavy (non-hydrogen) atoms. The van der Waals surface area contributed by atoms with Gasteiger partial charge in [-0.3, -0.25) is 9.69 Å². The number of likely N-dealkylation sites (tertiary alicyclic amines) is 1. The zero-order chi connectivity index (χ0) is 12.4. The summed E-state index contributed by atoms with van der Waals surface area (Å²) >= 11 is 0. The quantitative estimate of drug-likeness (QED) is 0.820. The van der Waals surface area contributed by atoms with E-state index >= 15 is 0 Å². The maximum absolute atomic E-state index is 11.4. The predicted octanol–water partition coefficient (Wildman–Crippen LogP) is 2.75. The molecule has 1 aliphatic heterocycles. The Morgan fingerprint density at radius 2 is 2.12 bits per heavy atom. The Balaban J connectivity index is 2.08. The molecule has 1 saturated carbocycles. The molecule has 98 valence electrons. The molecule has 2 fully saturated rings. The maximum atomic E-state index is 11.4. The molecule has 1 heterocycles. The standard InChI is InChI=1S/C14H25NO2/c1-3-10(2)9-15-12-7-5-4-6-11(12)8-13(15)14(16)17/h10-13H,3-9H2,1-2H3,(H,16,17). The van der Waals surface area contributed by atoms with Crippen molar-refractivity contribution < 1.29 is 9.90 Å². The Labute approximate surface area is 104 Å². The number of carboxylic acids is 1. The van der Waals surface area contributed by atoms with Crippen LogP contribution in [-0.2, 0) is 4.79 Å². The van der Waals surface area contributed by atoms with Gasteiger partial charge < -0.3 is 5.11 Å². The lowest BCUT2D eigenvalue weighted by molar-refractivity contribution is -0.142. The topological polar surface area (TPSA) is 40.5 Å². The van der Waals surface area contributed by atoms with Crippen molar-refractivity contribution in [2.24, 2.45) is 11.8 Å². The third-order valence-corrected chi connectivity index (χ3v) is 4.73. The van der Waals surface area contributed by atoms with Crippen molar-refractivity contribution in [1.29, 1.82) is 0 Å². The summed E-state index contributed by atoms with van der Waals surface area (Å²) in [5.41, 5.74) is 0. The minimum atomic E-state index is -0.609. The van der Waals surface area contributed by atoms with Gasteiger partial charge in [0.25, 0.3) is 0 Å². The smallest absolute Gasteiger partial charge is 0.320 e. The molecular formula is C14H25NO2. The Morgan fingerprint density at radius 3 is 2.76 bits per heavy atom. The molecule has 0 aromatic heterocycles. The molecule has 1 saturated heterocycles. The molecule has 0 spiro atoms. The second-order valence-electron chi connectivity index (χ2n) is 5.91. The van der Waals surface area contributed by atoms with Crippen molar-refractivity contribution in [2.75, 3.05) is 6.54 Å². The fraction of sp³-hybridized carbons (Fsp3) is 0.929. The fourth-order valence-electron chi connectivity index (χ4n) is 3.55. The predicted molar refractivity (Wildman–Crippen MR) is 67.9 cm³/mol. The zero-order valence-electron chi connectivity index (χ0n) is 11.1. The van der Waals surface area contributed by atoms with Crippen molar-refractivity contribution >= 4 is 5.97 Å². The van der Waals surface area contributed by atoms with Gasteiger partial charge in [-0.1, -0.05) is 33.1 Å². The second-order valence-corrected chi connectivity index (χ2v) is 5.91. The molecule has 4 unspecified atom stereocenters. The number of rotatable bonds is 4. The highest BCUT2D eigenvalue weighted by Gasteiger charge is 2.45. The Hall–Kier alpha value is -0.570. The Morgan fingerprint density at radius 1 is 1.41 bits per heavy atom. The van der Waals surface area contributed by atoms with E-state index in [0.29, 0.717) is 17.9 Å². The molecule has 0 bridgehead atoms. The highest BCUT2D eigenvalue weighted by atomic mass is 16.4. The first-order valence-corrected chi connectivity index (χ1v) is 7.12. The fourth-order valence-corrected chi connectivity index (χ4v) is 3.55. The van der Waals surface area contributed by atoms with Crippen molar-refractivity contribution in [3.63, 3.8) is 0 Å². The first-order chi connectivity index (χ1) is 8.13. The van der Waals surface area contributed by atoms with Crippen LogP contribution < -0.4 is 0 Å². The van der Waals surface area contributed by atoms with E-state index in [0.717, 1.165) is 19.4 Å². The molecule has 2 rings (SSSR count). The second kappa shape index (κ2) is 5.38. The van der Waals surface area contributed by atoms with Gasteiger partial charge in [0.2, 0.25) is 0 Å². The summed E-state index contributed by atoms with van der Waals surface area (Å²) in [6.45, 7) is 5.39. The number of carboxylic acid groups (broad SMARTS) is 1. The van der Waals surface area contributed by atoms with Crippen LogP contribution >= 0.6 is 0 Å². The van der Waals surface area contributed by atoms with Crippen molar-refractivity contribution in [3.05, 3.63) is 0 Å². The van der Waals surface area contributed by atoms with E-state index in [9.17, 15) is 9.90 Å². The van der Waals surface area contributed by atoms with E-state index in [-0.39, 0.29) is 6.04 Å². The summed E-state index contributed by atoms with van der Waals surface area (Å²) in [6, 6.07) is 0.343. The normalized spacial score (nSPS) is 35.5. The van der Waals surface area contributed by atoms with Crippen molar-refractivity contribution in [1.82, 2.24) is 4.90 Å². The molecular weight excluding hydrogens is 214 g/mol. The van der Waals surface area contributed by atoms with Crippen LogP contribution in [0.2, 0.25) is 0 Å². The summed E-state index contributed by atoms with van der Waals surface area (Å²) in [4.78, 5) is 13.7. The van der Waals surface area contributed by atoms with Gasteiger partial charge in [0.05, 0.1) is 0 Å². The van der Waals surface area contributed by atoms with Crippen molar-refractivity contribution in [2.45, 2.75) is 64.5 Å². The average Bonchev–Trinajstić information content (AvgIpc) is 2.68. The van der Waals surface area contributed by atoms with E-state index in [2.05, 4.69) is 18.7 Å². The minimum Gasteiger partial charge on any atom is -0.480 e. The largest absolute Gasteiger partial charge is 0.480 e. The van der Waals surface area contributed by atoms with Gasteiger partial charge in [-0.05, 0) is 31.1 Å². The van der Waals surface area contributed by atoms with Gasteiger partial charge in [0.15, 0.2) is 0 Å². The SMILES string of the molecule is CCC(C)CN1C(C(=O)O)CC2CCCCC21. The molecule has 1 N–H and O–H groups in total. The molecule has 1 aliphatic carbocycles. The number of hydrogen-bond donors (Lipinski definition) is 1. The third-order valence-electron chi connectivity index (χ3n) is 4.73. The molecule has 3 nitrogen and oxygen atoms in total. The summed E-state index contributed by atoms with van der Waals surface area (Å²) in [6.07, 6.45) is 7.06. The van der Waals surface area contributed by atoms with Gasteiger partial charge in [-0.25, -0.2) is 0 Å². The van der Waals surface area contributed by atoms with Crippen LogP contribution in [0.25, 0.3) is 0 Å². The average molecular weight is 239 g/mol. The zero-order valence-corrected chi connectivity index (χ0v) is 11.1. The molecule has 0 aromatic carbocycles. The lowest BCUT2D eigenvalue weighted by Crippen LogP contribution is -2.44. The van der Waals surface area contributed by atoms with Crippen LogP contribution in [-0.4, -0.2) is 34.6 Å². The van der Waals surface area contributed by atoms with Gasteiger partial charge >= 0.3 is 5.97 Å². The first kappa shape index (κ1) is 12.9. The van der Waals surface area contributed by atoms with Crippen LogP contribution in [0.15, 0.2) is 0 Å². The summed E-state index contributed by atoms with van der Waals surface area (Å²) in [7, 11) is 0. The minimum absolute atomic E-state index is 0.211. The van der Waals surface area contributed by atoms with Gasteiger partial charge in [0.1, 0.15) is 6.04 Å². The maximum Gasteiger partial charge on any atom is 0.320 e. The van der Waals surface area contributed by atoms with Gasteiger partial charge in [-0.2, -0.15) is 0 Å². The van der Waals surface area contributed by atoms with E-state index in [1.165, 1.54) is 25.7 Å². The van der Waals surface area contributed by atoms with Crippen LogP contribution in [0.5, 0.6) is 0 Å². The number of carbonyl (C=O) groups is 1. The monoisotopic (exact) mass is 239 g/mol. The van der Waals surface area contributed by atoms with Crippen LogP contribution in [0.1, 0.15) is 52.4 Å². The highest BCUT2D eigenvalue weighted by molar-refractivity contribution is 5.74. The highest BCUT2D eigenvalue weighted by Crippen LogP contribution is 2.40. The molecule has 0 radical (unpaired) electrons. The Bertz CT molecular complexity index is 279. The summed E-state index contributed by atoms with van der Waals surface area (Å²) in [5.74, 6) is 0.647. The molecule has 4 atom stereocenters. The van der Waals surface area contributed by atoms with Gasteiger partial charge in [0, 0.05) is 12.6 Å². The molecule has 3 heteroatoms.